The molecule has 0 fully saturated rings. The first-order valence-corrected chi connectivity index (χ1v) is 11.2. The summed E-state index contributed by atoms with van der Waals surface area (Å²) in [5, 5.41) is 12.9. The number of halogens is 3. The van der Waals surface area contributed by atoms with Crippen molar-refractivity contribution in [3.63, 3.8) is 0 Å². The fraction of sp³-hybridized carbons (Fsp3) is 0.296. The SMILES string of the molecule is COc1cc(CCNCC2CC(c3ccc(C)c(C(=O)O)c3F)c3ccccc3O2)ccc1F.Cl. The Balaban J connectivity index is 0.00000342. The molecule has 4 rings (SSSR count). The molecule has 0 aliphatic carbocycles. The molecule has 0 saturated heterocycles. The topological polar surface area (TPSA) is 67.8 Å². The van der Waals surface area contributed by atoms with Crippen LogP contribution in [0.1, 0.15) is 45.0 Å². The first-order chi connectivity index (χ1) is 16.4. The van der Waals surface area contributed by atoms with E-state index in [-0.39, 0.29) is 35.7 Å². The minimum Gasteiger partial charge on any atom is -0.494 e. The Morgan fingerprint density at radius 2 is 1.91 bits per heavy atom. The second kappa shape index (κ2) is 11.5. The number of methoxy groups -OCH3 is 1. The molecule has 0 radical (unpaired) electrons. The number of hydrogen-bond donors (Lipinski definition) is 2. The lowest BCUT2D eigenvalue weighted by Crippen LogP contribution is -2.36. The van der Waals surface area contributed by atoms with E-state index in [0.717, 1.165) is 11.1 Å². The lowest BCUT2D eigenvalue weighted by atomic mass is 9.82. The molecule has 3 aromatic carbocycles. The van der Waals surface area contributed by atoms with Crippen molar-refractivity contribution < 1.29 is 28.2 Å². The Kier molecular flexibility index (Phi) is 8.70. The van der Waals surface area contributed by atoms with Crippen molar-refractivity contribution in [2.75, 3.05) is 20.2 Å². The average Bonchev–Trinajstić information content (AvgIpc) is 2.82. The highest BCUT2D eigenvalue weighted by molar-refractivity contribution is 5.90. The van der Waals surface area contributed by atoms with Gasteiger partial charge in [0.15, 0.2) is 11.6 Å². The van der Waals surface area contributed by atoms with E-state index in [9.17, 15) is 14.3 Å². The van der Waals surface area contributed by atoms with Crippen LogP contribution in [-0.4, -0.2) is 37.4 Å². The van der Waals surface area contributed by atoms with Gasteiger partial charge in [-0.15, -0.1) is 12.4 Å². The monoisotopic (exact) mass is 503 g/mol. The van der Waals surface area contributed by atoms with Crippen LogP contribution in [0.2, 0.25) is 0 Å². The molecule has 2 unspecified atom stereocenters. The van der Waals surface area contributed by atoms with Crippen molar-refractivity contribution in [3.8, 4) is 11.5 Å². The number of fused-ring (bicyclic) bond motifs is 1. The Morgan fingerprint density at radius 1 is 1.14 bits per heavy atom. The molecule has 3 aromatic rings. The lowest BCUT2D eigenvalue weighted by Gasteiger charge is -2.33. The number of ether oxygens (including phenoxy) is 2. The second-order valence-electron chi connectivity index (χ2n) is 8.45. The predicted molar refractivity (Wildman–Crippen MR) is 132 cm³/mol. The van der Waals surface area contributed by atoms with Gasteiger partial charge in [0.25, 0.3) is 0 Å². The van der Waals surface area contributed by atoms with Crippen LogP contribution < -0.4 is 14.8 Å². The minimum absolute atomic E-state index is 0. The molecule has 0 amide bonds. The van der Waals surface area contributed by atoms with Crippen LogP contribution >= 0.6 is 12.4 Å². The minimum atomic E-state index is -1.27. The molecule has 186 valence electrons. The van der Waals surface area contributed by atoms with E-state index in [2.05, 4.69) is 5.32 Å². The van der Waals surface area contributed by atoms with Gasteiger partial charge in [-0.3, -0.25) is 0 Å². The first kappa shape index (κ1) is 26.4. The van der Waals surface area contributed by atoms with Gasteiger partial charge < -0.3 is 19.9 Å². The summed E-state index contributed by atoms with van der Waals surface area (Å²) in [7, 11) is 1.44. The molecule has 5 nitrogen and oxygen atoms in total. The Morgan fingerprint density at radius 3 is 2.66 bits per heavy atom. The third kappa shape index (κ3) is 5.74. The number of carbonyl (C=O) groups is 1. The van der Waals surface area contributed by atoms with Crippen molar-refractivity contribution in [2.45, 2.75) is 31.8 Å². The summed E-state index contributed by atoms with van der Waals surface area (Å²) < 4.78 is 40.1. The molecular weight excluding hydrogens is 476 g/mol. The van der Waals surface area contributed by atoms with E-state index in [1.807, 2.05) is 24.3 Å². The van der Waals surface area contributed by atoms with Gasteiger partial charge in [-0.1, -0.05) is 36.4 Å². The molecule has 0 aromatic heterocycles. The molecular formula is C27H28ClF2NO4. The van der Waals surface area contributed by atoms with Crippen LogP contribution in [0, 0.1) is 18.6 Å². The number of nitrogens with one attached hydrogen (secondary N) is 1. The smallest absolute Gasteiger partial charge is 0.338 e. The number of para-hydroxylation sites is 1. The third-order valence-electron chi connectivity index (χ3n) is 6.23. The van der Waals surface area contributed by atoms with E-state index < -0.39 is 17.6 Å². The number of carboxylic acid groups (broad SMARTS) is 1. The van der Waals surface area contributed by atoms with E-state index in [0.29, 0.717) is 42.8 Å². The summed E-state index contributed by atoms with van der Waals surface area (Å²) >= 11 is 0. The number of aryl methyl sites for hydroxylation is 1. The van der Waals surface area contributed by atoms with Gasteiger partial charge in [0.05, 0.1) is 12.7 Å². The van der Waals surface area contributed by atoms with Crippen molar-refractivity contribution >= 4 is 18.4 Å². The first-order valence-electron chi connectivity index (χ1n) is 11.2. The molecule has 0 spiro atoms. The maximum Gasteiger partial charge on any atom is 0.338 e. The van der Waals surface area contributed by atoms with Crippen LogP contribution in [0.5, 0.6) is 11.5 Å². The van der Waals surface area contributed by atoms with Crippen molar-refractivity contribution in [1.29, 1.82) is 0 Å². The van der Waals surface area contributed by atoms with E-state index >= 15 is 4.39 Å². The molecule has 8 heteroatoms. The number of benzene rings is 3. The maximum atomic E-state index is 15.3. The number of rotatable bonds is 8. The van der Waals surface area contributed by atoms with Crippen LogP contribution in [0.4, 0.5) is 8.78 Å². The van der Waals surface area contributed by atoms with Crippen LogP contribution in [0.3, 0.4) is 0 Å². The number of aromatic carboxylic acids is 1. The average molecular weight is 504 g/mol. The van der Waals surface area contributed by atoms with Crippen LogP contribution in [0.15, 0.2) is 54.6 Å². The summed E-state index contributed by atoms with van der Waals surface area (Å²) in [6.45, 7) is 2.77. The number of carboxylic acids is 1. The zero-order valence-corrected chi connectivity index (χ0v) is 20.3. The summed E-state index contributed by atoms with van der Waals surface area (Å²) in [5.41, 5.74) is 2.26. The quantitative estimate of drug-likeness (QED) is 0.396. The predicted octanol–water partition coefficient (Wildman–Crippen LogP) is 5.52. The molecule has 1 aliphatic heterocycles. The van der Waals surface area contributed by atoms with Crippen LogP contribution in [0.25, 0.3) is 0 Å². The fourth-order valence-corrected chi connectivity index (χ4v) is 4.49. The van der Waals surface area contributed by atoms with Gasteiger partial charge in [0.2, 0.25) is 0 Å². The highest BCUT2D eigenvalue weighted by atomic mass is 35.5. The molecule has 0 saturated carbocycles. The van der Waals surface area contributed by atoms with Gasteiger partial charge in [-0.2, -0.15) is 0 Å². The van der Waals surface area contributed by atoms with Crippen molar-refractivity contribution in [2.24, 2.45) is 0 Å². The molecule has 2 N–H and O–H groups in total. The molecule has 2 atom stereocenters. The zero-order chi connectivity index (χ0) is 24.2. The zero-order valence-electron chi connectivity index (χ0n) is 19.5. The maximum absolute atomic E-state index is 15.3. The summed E-state index contributed by atoms with van der Waals surface area (Å²) in [5.74, 6) is -1.79. The molecule has 35 heavy (non-hydrogen) atoms. The standard InChI is InChI=1S/C27H27F2NO4.ClH/c1-16-7-9-20(26(29)25(16)27(31)32)21-14-18(34-23-6-4-3-5-19(21)23)15-30-12-11-17-8-10-22(28)24(13-17)33-2;/h3-10,13,18,21,30H,11-12,14-15H2,1-2H3,(H,31,32);1H. The van der Waals surface area contributed by atoms with Gasteiger partial charge in [0.1, 0.15) is 17.7 Å². The highest BCUT2D eigenvalue weighted by Gasteiger charge is 2.32. The normalized spacial score (nSPS) is 16.6. The number of hydrogen-bond acceptors (Lipinski definition) is 4. The van der Waals surface area contributed by atoms with Crippen molar-refractivity contribution in [1.82, 2.24) is 5.32 Å². The summed E-state index contributed by atoms with van der Waals surface area (Å²) in [6.07, 6.45) is 0.961. The molecule has 1 heterocycles. The van der Waals surface area contributed by atoms with Crippen LogP contribution in [-0.2, 0) is 6.42 Å². The summed E-state index contributed by atoms with van der Waals surface area (Å²) in [6, 6.07) is 15.6. The summed E-state index contributed by atoms with van der Waals surface area (Å²) in [4.78, 5) is 11.6. The van der Waals surface area contributed by atoms with Gasteiger partial charge in [-0.25, -0.2) is 13.6 Å². The fourth-order valence-electron chi connectivity index (χ4n) is 4.49. The Hall–Kier alpha value is -3.16. The Bertz CT molecular complexity index is 1200. The highest BCUT2D eigenvalue weighted by Crippen LogP contribution is 2.41. The third-order valence-corrected chi connectivity index (χ3v) is 6.23. The van der Waals surface area contributed by atoms with E-state index in [1.54, 1.807) is 31.2 Å². The van der Waals surface area contributed by atoms with E-state index in [1.165, 1.54) is 13.2 Å². The Labute approximate surface area is 209 Å². The van der Waals surface area contributed by atoms with Gasteiger partial charge in [0, 0.05) is 18.0 Å². The van der Waals surface area contributed by atoms with Gasteiger partial charge in [-0.05, 0) is 61.2 Å². The van der Waals surface area contributed by atoms with Crippen molar-refractivity contribution in [3.05, 3.63) is 94.0 Å². The van der Waals surface area contributed by atoms with Gasteiger partial charge >= 0.3 is 5.97 Å². The second-order valence-corrected chi connectivity index (χ2v) is 8.45. The largest absolute Gasteiger partial charge is 0.494 e. The lowest BCUT2D eigenvalue weighted by molar-refractivity contribution is 0.0690. The van der Waals surface area contributed by atoms with E-state index in [4.69, 9.17) is 9.47 Å². The molecule has 0 bridgehead atoms. The molecule has 1 aliphatic rings.